The molecule has 0 spiro atoms. The lowest BCUT2D eigenvalue weighted by Crippen LogP contribution is -2.28. The fourth-order valence-corrected chi connectivity index (χ4v) is 1.74. The molecule has 0 aliphatic carbocycles. The van der Waals surface area contributed by atoms with Crippen molar-refractivity contribution in [1.82, 2.24) is 5.32 Å². The Morgan fingerprint density at radius 2 is 2.16 bits per heavy atom. The molecule has 1 aromatic carbocycles. The van der Waals surface area contributed by atoms with Gasteiger partial charge in [0, 0.05) is 5.69 Å². The Kier molecular flexibility index (Phi) is 6.67. The van der Waals surface area contributed by atoms with E-state index in [0.29, 0.717) is 23.0 Å². The van der Waals surface area contributed by atoms with Crippen LogP contribution in [0.3, 0.4) is 0 Å². The molecular formula is C14H21ClN2O2. The number of rotatable bonds is 7. The van der Waals surface area contributed by atoms with E-state index >= 15 is 0 Å². The van der Waals surface area contributed by atoms with Crippen LogP contribution >= 0.6 is 11.6 Å². The van der Waals surface area contributed by atoms with Gasteiger partial charge in [-0.2, -0.15) is 0 Å². The van der Waals surface area contributed by atoms with Crippen LogP contribution in [0, 0.1) is 0 Å². The number of carbonyl (C=O) groups is 1. The number of hydrogen-bond acceptors (Lipinski definition) is 3. The third kappa shape index (κ3) is 5.94. The van der Waals surface area contributed by atoms with E-state index in [0.717, 1.165) is 13.0 Å². The maximum Gasteiger partial charge on any atom is 0.238 e. The molecule has 0 aliphatic rings. The minimum atomic E-state index is -0.0814. The molecule has 0 saturated carbocycles. The Morgan fingerprint density at radius 1 is 1.42 bits per heavy atom. The highest BCUT2D eigenvalue weighted by molar-refractivity contribution is 6.32. The summed E-state index contributed by atoms with van der Waals surface area (Å²) < 4.78 is 5.53. The molecule has 4 nitrogen and oxygen atoms in total. The monoisotopic (exact) mass is 284 g/mol. The van der Waals surface area contributed by atoms with E-state index in [1.807, 2.05) is 13.8 Å². The van der Waals surface area contributed by atoms with Crippen molar-refractivity contribution in [2.24, 2.45) is 0 Å². The Labute approximate surface area is 119 Å². The molecule has 0 aromatic heterocycles. The van der Waals surface area contributed by atoms with Crippen molar-refractivity contribution >= 4 is 23.2 Å². The van der Waals surface area contributed by atoms with Crippen LogP contribution in [0.5, 0.6) is 5.75 Å². The number of halogens is 1. The molecule has 106 valence electrons. The van der Waals surface area contributed by atoms with Gasteiger partial charge in [0.25, 0.3) is 0 Å². The highest BCUT2D eigenvalue weighted by Crippen LogP contribution is 2.28. The number of hydrogen-bond donors (Lipinski definition) is 2. The molecular weight excluding hydrogens is 264 g/mol. The summed E-state index contributed by atoms with van der Waals surface area (Å²) in [5.74, 6) is 0.542. The van der Waals surface area contributed by atoms with Gasteiger partial charge in [-0.15, -0.1) is 0 Å². The summed E-state index contributed by atoms with van der Waals surface area (Å²) in [4.78, 5) is 11.6. The number of benzene rings is 1. The second kappa shape index (κ2) is 8.02. The Balaban J connectivity index is 2.55. The molecule has 0 aliphatic heterocycles. The largest absolute Gasteiger partial charge is 0.489 e. The van der Waals surface area contributed by atoms with Gasteiger partial charge in [-0.25, -0.2) is 0 Å². The van der Waals surface area contributed by atoms with Crippen molar-refractivity contribution in [2.75, 3.05) is 18.4 Å². The highest BCUT2D eigenvalue weighted by Gasteiger charge is 2.07. The molecule has 0 atom stereocenters. The SMILES string of the molecule is CCCNCC(=O)Nc1ccc(OC(C)C)c(Cl)c1. The summed E-state index contributed by atoms with van der Waals surface area (Å²) >= 11 is 6.09. The molecule has 1 aromatic rings. The zero-order chi connectivity index (χ0) is 14.3. The molecule has 1 amide bonds. The fourth-order valence-electron chi connectivity index (χ4n) is 1.51. The summed E-state index contributed by atoms with van der Waals surface area (Å²) in [7, 11) is 0. The van der Waals surface area contributed by atoms with Crippen LogP contribution in [0.25, 0.3) is 0 Å². The molecule has 2 N–H and O–H groups in total. The van der Waals surface area contributed by atoms with Crippen LogP contribution in [0.4, 0.5) is 5.69 Å². The highest BCUT2D eigenvalue weighted by atomic mass is 35.5. The molecule has 0 unspecified atom stereocenters. The Bertz CT molecular complexity index is 422. The van der Waals surface area contributed by atoms with E-state index in [4.69, 9.17) is 16.3 Å². The molecule has 0 saturated heterocycles. The van der Waals surface area contributed by atoms with Crippen molar-refractivity contribution in [2.45, 2.75) is 33.3 Å². The Morgan fingerprint density at radius 3 is 2.74 bits per heavy atom. The molecule has 0 bridgehead atoms. The average molecular weight is 285 g/mol. The minimum Gasteiger partial charge on any atom is -0.489 e. The van der Waals surface area contributed by atoms with Crippen molar-refractivity contribution in [3.8, 4) is 5.75 Å². The Hall–Kier alpha value is -1.26. The van der Waals surface area contributed by atoms with Gasteiger partial charge in [0.05, 0.1) is 17.7 Å². The van der Waals surface area contributed by atoms with Crippen molar-refractivity contribution in [1.29, 1.82) is 0 Å². The van der Waals surface area contributed by atoms with Crippen LogP contribution < -0.4 is 15.4 Å². The van der Waals surface area contributed by atoms with Gasteiger partial charge in [-0.05, 0) is 45.0 Å². The topological polar surface area (TPSA) is 50.4 Å². The first-order valence-electron chi connectivity index (χ1n) is 6.49. The van der Waals surface area contributed by atoms with Crippen LogP contribution in [0.15, 0.2) is 18.2 Å². The van der Waals surface area contributed by atoms with E-state index in [1.54, 1.807) is 18.2 Å². The summed E-state index contributed by atoms with van der Waals surface area (Å²) in [5.41, 5.74) is 0.671. The normalized spacial score (nSPS) is 10.6. The van der Waals surface area contributed by atoms with Crippen molar-refractivity contribution in [3.63, 3.8) is 0 Å². The fraction of sp³-hybridized carbons (Fsp3) is 0.500. The smallest absolute Gasteiger partial charge is 0.238 e. The maximum atomic E-state index is 11.6. The first-order chi connectivity index (χ1) is 9.02. The minimum absolute atomic E-state index is 0.0659. The second-order valence-electron chi connectivity index (χ2n) is 4.54. The number of carbonyl (C=O) groups excluding carboxylic acids is 1. The van der Waals surface area contributed by atoms with Crippen LogP contribution in [0.2, 0.25) is 5.02 Å². The lowest BCUT2D eigenvalue weighted by molar-refractivity contribution is -0.115. The van der Waals surface area contributed by atoms with Gasteiger partial charge in [0.15, 0.2) is 0 Å². The summed E-state index contributed by atoms with van der Waals surface area (Å²) in [6.07, 6.45) is 1.07. The van der Waals surface area contributed by atoms with E-state index in [-0.39, 0.29) is 12.0 Å². The van der Waals surface area contributed by atoms with E-state index < -0.39 is 0 Å². The van der Waals surface area contributed by atoms with E-state index in [2.05, 4.69) is 17.6 Å². The van der Waals surface area contributed by atoms with Gasteiger partial charge in [-0.1, -0.05) is 18.5 Å². The summed E-state index contributed by atoms with van der Waals surface area (Å²) in [6.45, 7) is 7.06. The zero-order valence-corrected chi connectivity index (χ0v) is 12.4. The van der Waals surface area contributed by atoms with Crippen molar-refractivity contribution < 1.29 is 9.53 Å². The van der Waals surface area contributed by atoms with Crippen molar-refractivity contribution in [3.05, 3.63) is 23.2 Å². The molecule has 5 heteroatoms. The standard InChI is InChI=1S/C14H21ClN2O2/c1-4-7-16-9-14(18)17-11-5-6-13(12(15)8-11)19-10(2)3/h5-6,8,10,16H,4,7,9H2,1-3H3,(H,17,18). The third-order valence-electron chi connectivity index (χ3n) is 2.29. The van der Waals surface area contributed by atoms with Gasteiger partial charge in [-0.3, -0.25) is 4.79 Å². The first kappa shape index (κ1) is 15.8. The predicted molar refractivity (Wildman–Crippen MR) is 79.0 cm³/mol. The molecule has 0 heterocycles. The van der Waals surface area contributed by atoms with Crippen LogP contribution in [-0.2, 0) is 4.79 Å². The predicted octanol–water partition coefficient (Wildman–Crippen LogP) is 3.07. The van der Waals surface area contributed by atoms with Gasteiger partial charge >= 0.3 is 0 Å². The quantitative estimate of drug-likeness (QED) is 0.757. The van der Waals surface area contributed by atoms with Gasteiger partial charge < -0.3 is 15.4 Å². The van der Waals surface area contributed by atoms with E-state index in [9.17, 15) is 4.79 Å². The number of anilines is 1. The maximum absolute atomic E-state index is 11.6. The lowest BCUT2D eigenvalue weighted by atomic mass is 10.3. The number of ether oxygens (including phenoxy) is 1. The first-order valence-corrected chi connectivity index (χ1v) is 6.87. The molecule has 0 radical (unpaired) electrons. The molecule has 1 rings (SSSR count). The summed E-state index contributed by atoms with van der Waals surface area (Å²) in [6, 6.07) is 5.23. The van der Waals surface area contributed by atoms with Gasteiger partial charge in [0.2, 0.25) is 5.91 Å². The molecule has 0 fully saturated rings. The number of amides is 1. The number of nitrogens with one attached hydrogen (secondary N) is 2. The summed E-state index contributed by atoms with van der Waals surface area (Å²) in [5, 5.41) is 6.31. The van der Waals surface area contributed by atoms with Crippen LogP contribution in [-0.4, -0.2) is 25.1 Å². The lowest BCUT2D eigenvalue weighted by Gasteiger charge is -2.12. The van der Waals surface area contributed by atoms with Crippen LogP contribution in [0.1, 0.15) is 27.2 Å². The molecule has 19 heavy (non-hydrogen) atoms. The zero-order valence-electron chi connectivity index (χ0n) is 11.6. The second-order valence-corrected chi connectivity index (χ2v) is 4.94. The third-order valence-corrected chi connectivity index (χ3v) is 2.59. The van der Waals surface area contributed by atoms with Gasteiger partial charge in [0.1, 0.15) is 5.75 Å². The van der Waals surface area contributed by atoms with E-state index in [1.165, 1.54) is 0 Å². The average Bonchev–Trinajstić information content (AvgIpc) is 2.32.